The lowest BCUT2D eigenvalue weighted by atomic mass is 10.0. The number of nitrogens with zero attached hydrogens (tertiary/aromatic N) is 4. The van der Waals surface area contributed by atoms with Gasteiger partial charge < -0.3 is 4.90 Å². The molecule has 3 aromatic rings. The molecule has 0 fully saturated rings. The predicted octanol–water partition coefficient (Wildman–Crippen LogP) is 3.68. The zero-order valence-corrected chi connectivity index (χ0v) is 17.5. The highest BCUT2D eigenvalue weighted by Crippen LogP contribution is 2.29. The number of anilines is 1. The molecule has 0 bridgehead atoms. The van der Waals surface area contributed by atoms with Crippen molar-refractivity contribution in [2.45, 2.75) is 32.9 Å². The van der Waals surface area contributed by atoms with Crippen LogP contribution in [0.1, 0.15) is 39.4 Å². The van der Waals surface area contributed by atoms with Gasteiger partial charge in [-0.3, -0.25) is 14.5 Å². The van der Waals surface area contributed by atoms with Crippen LogP contribution in [-0.2, 0) is 24.3 Å². The van der Waals surface area contributed by atoms with Crippen molar-refractivity contribution < 1.29 is 14.0 Å². The number of fused-ring (bicyclic) bond motifs is 1. The number of benzene rings is 2. The second-order valence-corrected chi connectivity index (χ2v) is 7.66. The molecule has 6 nitrogen and oxygen atoms in total. The van der Waals surface area contributed by atoms with Gasteiger partial charge in [0.2, 0.25) is 5.91 Å². The number of hydrogen-bond acceptors (Lipinski definition) is 4. The Kier molecular flexibility index (Phi) is 5.75. The second kappa shape index (κ2) is 8.63. The van der Waals surface area contributed by atoms with Crippen LogP contribution in [0.3, 0.4) is 0 Å². The van der Waals surface area contributed by atoms with Crippen molar-refractivity contribution in [1.29, 1.82) is 0 Å². The summed E-state index contributed by atoms with van der Waals surface area (Å²) in [5.74, 6) is 0.569. The van der Waals surface area contributed by atoms with Crippen LogP contribution < -0.4 is 4.90 Å². The predicted molar refractivity (Wildman–Crippen MR) is 115 cm³/mol. The number of hydrogen-bond donors (Lipinski definition) is 0. The molecule has 0 saturated heterocycles. The van der Waals surface area contributed by atoms with E-state index < -0.39 is 0 Å². The molecule has 0 aliphatic carbocycles. The maximum Gasteiger partial charge on any atom is 0.254 e. The van der Waals surface area contributed by atoms with Crippen LogP contribution in [0.25, 0.3) is 0 Å². The monoisotopic (exact) mass is 418 g/mol. The fourth-order valence-electron chi connectivity index (χ4n) is 3.73. The summed E-state index contributed by atoms with van der Waals surface area (Å²) in [6.07, 6.45) is 0.961. The van der Waals surface area contributed by atoms with Gasteiger partial charge in [-0.05, 0) is 43.2 Å². The number of carbonyl (C=O) groups excluding carboxylic acids is 2. The summed E-state index contributed by atoms with van der Waals surface area (Å²) in [6, 6.07) is 15.1. The third kappa shape index (κ3) is 4.45. The quantitative estimate of drug-likeness (QED) is 0.634. The molecule has 1 aromatic heterocycles. The minimum atomic E-state index is -0.319. The molecule has 7 heteroatoms. The number of rotatable bonds is 5. The van der Waals surface area contributed by atoms with Gasteiger partial charge in [-0.1, -0.05) is 30.3 Å². The van der Waals surface area contributed by atoms with E-state index in [-0.39, 0.29) is 24.2 Å². The maximum atomic E-state index is 13.3. The van der Waals surface area contributed by atoms with E-state index in [2.05, 4.69) is 9.97 Å². The zero-order chi connectivity index (χ0) is 22.0. The van der Waals surface area contributed by atoms with Crippen molar-refractivity contribution in [2.24, 2.45) is 0 Å². The van der Waals surface area contributed by atoms with Gasteiger partial charge in [0.1, 0.15) is 17.5 Å². The first-order valence-electron chi connectivity index (χ1n) is 10.1. The minimum Gasteiger partial charge on any atom is -0.334 e. The third-order valence-electron chi connectivity index (χ3n) is 5.38. The molecule has 1 aliphatic heterocycles. The van der Waals surface area contributed by atoms with E-state index in [9.17, 15) is 14.0 Å². The largest absolute Gasteiger partial charge is 0.334 e. The highest BCUT2D eigenvalue weighted by Gasteiger charge is 2.28. The molecule has 0 atom stereocenters. The molecular formula is C24H23FN4O2. The summed E-state index contributed by atoms with van der Waals surface area (Å²) in [6.45, 7) is 2.43. The SMILES string of the molecule is Cc1nc(CN(C)C(=O)c2ccccc2)nc2c1CCC(=O)N2Cc1ccc(F)cc1. The van der Waals surface area contributed by atoms with Crippen LogP contribution in [-0.4, -0.2) is 33.7 Å². The molecule has 0 radical (unpaired) electrons. The molecule has 0 spiro atoms. The number of aryl methyl sites for hydroxylation is 1. The first kappa shape index (κ1) is 20.7. The summed E-state index contributed by atoms with van der Waals surface area (Å²) in [4.78, 5) is 37.8. The summed E-state index contributed by atoms with van der Waals surface area (Å²) >= 11 is 0. The molecule has 4 rings (SSSR count). The van der Waals surface area contributed by atoms with Crippen molar-refractivity contribution in [3.05, 3.63) is 88.6 Å². The topological polar surface area (TPSA) is 66.4 Å². The normalized spacial score (nSPS) is 13.1. The van der Waals surface area contributed by atoms with Crippen LogP contribution in [0.4, 0.5) is 10.2 Å². The number of halogens is 1. The van der Waals surface area contributed by atoms with Crippen molar-refractivity contribution in [2.75, 3.05) is 11.9 Å². The van der Waals surface area contributed by atoms with Crippen LogP contribution in [0, 0.1) is 12.7 Å². The minimum absolute atomic E-state index is 0.0328. The molecule has 1 aliphatic rings. The lowest BCUT2D eigenvalue weighted by molar-refractivity contribution is -0.119. The van der Waals surface area contributed by atoms with Crippen molar-refractivity contribution in [1.82, 2.24) is 14.9 Å². The van der Waals surface area contributed by atoms with E-state index in [1.54, 1.807) is 41.1 Å². The van der Waals surface area contributed by atoms with Gasteiger partial charge in [0, 0.05) is 30.3 Å². The summed E-state index contributed by atoms with van der Waals surface area (Å²) in [5, 5.41) is 0. The average molecular weight is 418 g/mol. The lowest BCUT2D eigenvalue weighted by Crippen LogP contribution is -2.36. The van der Waals surface area contributed by atoms with Gasteiger partial charge in [-0.25, -0.2) is 14.4 Å². The van der Waals surface area contributed by atoms with Gasteiger partial charge in [-0.15, -0.1) is 0 Å². The number of aromatic nitrogens is 2. The first-order valence-corrected chi connectivity index (χ1v) is 10.1. The first-order chi connectivity index (χ1) is 14.9. The van der Waals surface area contributed by atoms with E-state index in [0.29, 0.717) is 36.6 Å². The van der Waals surface area contributed by atoms with Crippen molar-refractivity contribution in [3.63, 3.8) is 0 Å². The van der Waals surface area contributed by atoms with E-state index >= 15 is 0 Å². The molecule has 2 heterocycles. The fraction of sp³-hybridized carbons (Fsp3) is 0.250. The Balaban J connectivity index is 1.61. The Morgan fingerprint density at radius 1 is 1.06 bits per heavy atom. The van der Waals surface area contributed by atoms with Gasteiger partial charge in [0.05, 0.1) is 13.1 Å². The van der Waals surface area contributed by atoms with Crippen LogP contribution in [0.2, 0.25) is 0 Å². The van der Waals surface area contributed by atoms with Gasteiger partial charge >= 0.3 is 0 Å². The summed E-state index contributed by atoms with van der Waals surface area (Å²) < 4.78 is 13.3. The average Bonchev–Trinajstić information content (AvgIpc) is 2.77. The third-order valence-corrected chi connectivity index (χ3v) is 5.38. The Hall–Kier alpha value is -3.61. The second-order valence-electron chi connectivity index (χ2n) is 7.66. The molecule has 0 N–H and O–H groups in total. The van der Waals surface area contributed by atoms with Gasteiger partial charge in [-0.2, -0.15) is 0 Å². The fourth-order valence-corrected chi connectivity index (χ4v) is 3.73. The number of amides is 2. The molecule has 0 unspecified atom stereocenters. The van der Waals surface area contributed by atoms with E-state index in [1.807, 2.05) is 25.1 Å². The Bertz CT molecular complexity index is 1120. The van der Waals surface area contributed by atoms with Crippen LogP contribution >= 0.6 is 0 Å². The Labute approximate surface area is 180 Å². The Morgan fingerprint density at radius 3 is 2.48 bits per heavy atom. The molecular weight excluding hydrogens is 395 g/mol. The summed E-state index contributed by atoms with van der Waals surface area (Å²) in [7, 11) is 1.70. The number of carbonyl (C=O) groups is 2. The lowest BCUT2D eigenvalue weighted by Gasteiger charge is -2.30. The molecule has 2 amide bonds. The highest BCUT2D eigenvalue weighted by molar-refractivity contribution is 5.95. The molecule has 0 saturated carbocycles. The molecule has 2 aromatic carbocycles. The smallest absolute Gasteiger partial charge is 0.254 e. The van der Waals surface area contributed by atoms with E-state index in [1.165, 1.54) is 12.1 Å². The summed E-state index contributed by atoms with van der Waals surface area (Å²) in [5.41, 5.74) is 3.14. The van der Waals surface area contributed by atoms with Crippen molar-refractivity contribution in [3.8, 4) is 0 Å². The van der Waals surface area contributed by atoms with Crippen LogP contribution in [0.5, 0.6) is 0 Å². The van der Waals surface area contributed by atoms with Crippen molar-refractivity contribution >= 4 is 17.6 Å². The van der Waals surface area contributed by atoms with Gasteiger partial charge in [0.15, 0.2) is 0 Å². The zero-order valence-electron chi connectivity index (χ0n) is 17.5. The van der Waals surface area contributed by atoms with E-state index in [0.717, 1.165) is 16.8 Å². The molecule has 158 valence electrons. The van der Waals surface area contributed by atoms with Crippen LogP contribution in [0.15, 0.2) is 54.6 Å². The molecule has 31 heavy (non-hydrogen) atoms. The maximum absolute atomic E-state index is 13.3. The van der Waals surface area contributed by atoms with Gasteiger partial charge in [0.25, 0.3) is 5.91 Å². The highest BCUT2D eigenvalue weighted by atomic mass is 19.1. The standard InChI is InChI=1S/C24H23FN4O2/c1-16-20-12-13-22(30)29(14-17-8-10-19(25)11-9-17)23(20)27-21(26-16)15-28(2)24(31)18-6-4-3-5-7-18/h3-11H,12-15H2,1-2H3. The Morgan fingerprint density at radius 2 is 1.77 bits per heavy atom. The van der Waals surface area contributed by atoms with E-state index in [4.69, 9.17) is 0 Å².